The Kier molecular flexibility index (Phi) is 4.57. The lowest BCUT2D eigenvalue weighted by Gasteiger charge is -2.06. The number of esters is 1. The number of ether oxygens (including phenoxy) is 1. The van der Waals surface area contributed by atoms with Gasteiger partial charge in [-0.15, -0.1) is 0 Å². The molecule has 0 saturated heterocycles. The SMILES string of the molecule is CCCCOC(=O)Cn1ccc2c(N=[N+]=[N-])nc(N)nc21. The lowest BCUT2D eigenvalue weighted by atomic mass is 10.4. The van der Waals surface area contributed by atoms with Crippen LogP contribution in [-0.2, 0) is 16.1 Å². The minimum atomic E-state index is -0.358. The number of hydrogen-bond acceptors (Lipinski definition) is 6. The third kappa shape index (κ3) is 3.40. The fraction of sp³-hybridized carbons (Fsp3) is 0.417. The van der Waals surface area contributed by atoms with E-state index in [4.69, 9.17) is 16.0 Å². The zero-order valence-corrected chi connectivity index (χ0v) is 11.6. The van der Waals surface area contributed by atoms with Crippen LogP contribution in [0.2, 0.25) is 0 Å². The number of unbranched alkanes of at least 4 members (excludes halogenated alkanes) is 1. The molecule has 0 aromatic carbocycles. The average molecular weight is 289 g/mol. The third-order valence-electron chi connectivity index (χ3n) is 2.82. The van der Waals surface area contributed by atoms with Gasteiger partial charge in [0.1, 0.15) is 18.0 Å². The zero-order chi connectivity index (χ0) is 15.2. The van der Waals surface area contributed by atoms with Crippen molar-refractivity contribution in [2.24, 2.45) is 5.11 Å². The maximum atomic E-state index is 11.7. The summed E-state index contributed by atoms with van der Waals surface area (Å²) >= 11 is 0. The Morgan fingerprint density at radius 1 is 1.57 bits per heavy atom. The second-order valence-electron chi connectivity index (χ2n) is 4.35. The van der Waals surface area contributed by atoms with Crippen molar-refractivity contribution in [2.75, 3.05) is 12.3 Å². The van der Waals surface area contributed by atoms with E-state index in [-0.39, 0.29) is 24.3 Å². The predicted molar refractivity (Wildman–Crippen MR) is 76.6 cm³/mol. The van der Waals surface area contributed by atoms with Gasteiger partial charge in [0, 0.05) is 16.5 Å². The molecule has 2 aromatic heterocycles. The Morgan fingerprint density at radius 3 is 3.10 bits per heavy atom. The van der Waals surface area contributed by atoms with Crippen LogP contribution in [0.4, 0.5) is 11.8 Å². The van der Waals surface area contributed by atoms with Crippen molar-refractivity contribution in [1.82, 2.24) is 14.5 Å². The van der Waals surface area contributed by atoms with Crippen LogP contribution in [0.15, 0.2) is 17.4 Å². The van der Waals surface area contributed by atoms with Gasteiger partial charge in [0.15, 0.2) is 0 Å². The quantitative estimate of drug-likeness (QED) is 0.286. The largest absolute Gasteiger partial charge is 0.464 e. The summed E-state index contributed by atoms with van der Waals surface area (Å²) in [6, 6.07) is 1.66. The van der Waals surface area contributed by atoms with Crippen molar-refractivity contribution in [3.8, 4) is 0 Å². The molecule has 0 radical (unpaired) electrons. The van der Waals surface area contributed by atoms with Crippen molar-refractivity contribution in [2.45, 2.75) is 26.3 Å². The molecule has 9 nitrogen and oxygen atoms in total. The molecule has 0 bridgehead atoms. The summed E-state index contributed by atoms with van der Waals surface area (Å²) in [5.41, 5.74) is 14.5. The fourth-order valence-electron chi connectivity index (χ4n) is 1.83. The van der Waals surface area contributed by atoms with Gasteiger partial charge in [0.05, 0.1) is 6.61 Å². The molecule has 0 atom stereocenters. The molecule has 21 heavy (non-hydrogen) atoms. The second-order valence-corrected chi connectivity index (χ2v) is 4.35. The van der Waals surface area contributed by atoms with Gasteiger partial charge in [-0.1, -0.05) is 13.3 Å². The van der Waals surface area contributed by atoms with E-state index in [9.17, 15) is 4.79 Å². The number of nitrogens with zero attached hydrogens (tertiary/aromatic N) is 6. The van der Waals surface area contributed by atoms with E-state index in [0.717, 1.165) is 12.8 Å². The number of nitrogen functional groups attached to an aromatic ring is 1. The van der Waals surface area contributed by atoms with Crippen LogP contribution in [0.5, 0.6) is 0 Å². The summed E-state index contributed by atoms with van der Waals surface area (Å²) in [5.74, 6) is -0.245. The normalized spacial score (nSPS) is 10.3. The molecule has 0 unspecified atom stereocenters. The molecule has 0 spiro atoms. The summed E-state index contributed by atoms with van der Waals surface area (Å²) in [6.07, 6.45) is 3.43. The Labute approximate surface area is 120 Å². The second kappa shape index (κ2) is 6.58. The third-order valence-corrected chi connectivity index (χ3v) is 2.82. The van der Waals surface area contributed by atoms with Gasteiger partial charge < -0.3 is 15.0 Å². The van der Waals surface area contributed by atoms with Crippen LogP contribution >= 0.6 is 0 Å². The van der Waals surface area contributed by atoms with Crippen molar-refractivity contribution in [3.05, 3.63) is 22.7 Å². The van der Waals surface area contributed by atoms with Crippen LogP contribution in [0.25, 0.3) is 21.5 Å². The molecular weight excluding hydrogens is 274 g/mol. The molecule has 0 fully saturated rings. The highest BCUT2D eigenvalue weighted by Gasteiger charge is 2.12. The van der Waals surface area contributed by atoms with Gasteiger partial charge in [-0.05, 0) is 23.1 Å². The van der Waals surface area contributed by atoms with Gasteiger partial charge in [0.25, 0.3) is 0 Å². The molecule has 9 heteroatoms. The Hall–Kier alpha value is -2.80. The van der Waals surface area contributed by atoms with E-state index in [1.807, 2.05) is 6.92 Å². The summed E-state index contributed by atoms with van der Waals surface area (Å²) in [6.45, 7) is 2.43. The smallest absolute Gasteiger partial charge is 0.326 e. The topological polar surface area (TPSA) is 132 Å². The highest BCUT2D eigenvalue weighted by Crippen LogP contribution is 2.24. The Morgan fingerprint density at radius 2 is 2.38 bits per heavy atom. The molecule has 0 aliphatic rings. The van der Waals surface area contributed by atoms with Crippen molar-refractivity contribution >= 4 is 28.8 Å². The molecule has 110 valence electrons. The van der Waals surface area contributed by atoms with Crippen LogP contribution in [0, 0.1) is 0 Å². The van der Waals surface area contributed by atoms with Gasteiger partial charge in [-0.25, -0.2) is 4.98 Å². The van der Waals surface area contributed by atoms with Gasteiger partial charge in [0.2, 0.25) is 5.95 Å². The number of anilines is 1. The van der Waals surface area contributed by atoms with Gasteiger partial charge in [-0.3, -0.25) is 4.79 Å². The number of aromatic nitrogens is 3. The molecule has 2 N–H and O–H groups in total. The molecular formula is C12H15N7O2. The highest BCUT2D eigenvalue weighted by molar-refractivity contribution is 5.87. The molecule has 2 aromatic rings. The first-order valence-corrected chi connectivity index (χ1v) is 6.48. The number of carbonyl (C=O) groups excluding carboxylic acids is 1. The summed E-state index contributed by atoms with van der Waals surface area (Å²) in [4.78, 5) is 22.3. The molecule has 0 aliphatic heterocycles. The van der Waals surface area contributed by atoms with Gasteiger partial charge >= 0.3 is 5.97 Å². The summed E-state index contributed by atoms with van der Waals surface area (Å²) in [5, 5.41) is 4.00. The lowest BCUT2D eigenvalue weighted by molar-refractivity contribution is -0.144. The average Bonchev–Trinajstić information content (AvgIpc) is 2.82. The predicted octanol–water partition coefficient (Wildman–Crippen LogP) is 2.30. The fourth-order valence-corrected chi connectivity index (χ4v) is 1.83. The van der Waals surface area contributed by atoms with Crippen LogP contribution in [0.1, 0.15) is 19.8 Å². The Bertz CT molecular complexity index is 703. The number of rotatable bonds is 6. The number of hydrogen-bond donors (Lipinski definition) is 1. The van der Waals surface area contributed by atoms with Crippen LogP contribution in [-0.4, -0.2) is 27.1 Å². The van der Waals surface area contributed by atoms with E-state index in [0.29, 0.717) is 17.6 Å². The summed E-state index contributed by atoms with van der Waals surface area (Å²) in [7, 11) is 0. The van der Waals surface area contributed by atoms with E-state index in [1.54, 1.807) is 16.8 Å². The number of carbonyl (C=O) groups is 1. The maximum absolute atomic E-state index is 11.7. The van der Waals surface area contributed by atoms with Gasteiger partial charge in [-0.2, -0.15) is 4.98 Å². The minimum Gasteiger partial charge on any atom is -0.464 e. The number of nitrogens with two attached hydrogens (primary N) is 1. The zero-order valence-electron chi connectivity index (χ0n) is 11.6. The molecule has 0 saturated carbocycles. The summed E-state index contributed by atoms with van der Waals surface area (Å²) < 4.78 is 6.68. The molecule has 2 heterocycles. The van der Waals surface area contributed by atoms with Crippen molar-refractivity contribution in [1.29, 1.82) is 0 Å². The Balaban J connectivity index is 2.25. The van der Waals surface area contributed by atoms with Crippen LogP contribution < -0.4 is 5.73 Å². The lowest BCUT2D eigenvalue weighted by Crippen LogP contribution is -2.14. The molecule has 0 aliphatic carbocycles. The maximum Gasteiger partial charge on any atom is 0.326 e. The van der Waals surface area contributed by atoms with Crippen molar-refractivity contribution < 1.29 is 9.53 Å². The molecule has 2 rings (SSSR count). The van der Waals surface area contributed by atoms with E-state index in [1.165, 1.54) is 0 Å². The first-order valence-electron chi connectivity index (χ1n) is 6.48. The highest BCUT2D eigenvalue weighted by atomic mass is 16.5. The minimum absolute atomic E-state index is 0.0133. The van der Waals surface area contributed by atoms with E-state index in [2.05, 4.69) is 20.0 Å². The molecule has 0 amide bonds. The first kappa shape index (κ1) is 14.6. The van der Waals surface area contributed by atoms with E-state index >= 15 is 0 Å². The number of azide groups is 1. The van der Waals surface area contributed by atoms with Crippen LogP contribution in [0.3, 0.4) is 0 Å². The first-order chi connectivity index (χ1) is 10.2. The van der Waals surface area contributed by atoms with E-state index < -0.39 is 0 Å². The van der Waals surface area contributed by atoms with Crippen molar-refractivity contribution in [3.63, 3.8) is 0 Å². The monoisotopic (exact) mass is 289 g/mol. The number of fused-ring (bicyclic) bond motifs is 1. The standard InChI is InChI=1S/C12H15N7O2/c1-2-3-6-21-9(20)7-19-5-4-8-10(17-18-14)15-12(13)16-11(8)19/h4-5H,2-3,6-7H2,1H3,(H2,13,15,16).